The molecule has 0 spiro atoms. The van der Waals surface area contributed by atoms with Crippen LogP contribution in [-0.4, -0.2) is 47.4 Å². The van der Waals surface area contributed by atoms with Gasteiger partial charge in [-0.1, -0.05) is 269 Å². The van der Waals surface area contributed by atoms with E-state index in [2.05, 4.69) is 55.6 Å². The third-order valence-electron chi connectivity index (χ3n) is 13.9. The molecule has 68 heavy (non-hydrogen) atoms. The summed E-state index contributed by atoms with van der Waals surface area (Å²) in [6.07, 6.45) is 71.5. The number of carbonyl (C=O) groups excluding carboxylic acids is 2. The molecule has 0 radical (unpaired) electrons. The fourth-order valence-electron chi connectivity index (χ4n) is 9.26. The van der Waals surface area contributed by atoms with Crippen molar-refractivity contribution in [3.8, 4) is 0 Å². The van der Waals surface area contributed by atoms with Gasteiger partial charge in [0.25, 0.3) is 0 Å². The van der Waals surface area contributed by atoms with Crippen molar-refractivity contribution in [1.29, 1.82) is 0 Å². The number of amides is 1. The molecule has 2 unspecified atom stereocenters. The van der Waals surface area contributed by atoms with Crippen LogP contribution in [0.3, 0.4) is 0 Å². The minimum Gasteiger partial charge on any atom is -0.466 e. The number of aliphatic hydroxyl groups excluding tert-OH is 2. The fraction of sp³-hybridized carbons (Fsp3) is 0.871. The van der Waals surface area contributed by atoms with E-state index in [-0.39, 0.29) is 18.5 Å². The summed E-state index contributed by atoms with van der Waals surface area (Å²) in [7, 11) is 0. The van der Waals surface area contributed by atoms with Gasteiger partial charge in [-0.3, -0.25) is 9.59 Å². The molecule has 0 heterocycles. The largest absolute Gasteiger partial charge is 0.466 e. The van der Waals surface area contributed by atoms with Crippen LogP contribution in [0, 0.1) is 0 Å². The van der Waals surface area contributed by atoms with E-state index in [0.717, 1.165) is 83.5 Å². The summed E-state index contributed by atoms with van der Waals surface area (Å²) in [6.45, 7) is 4.86. The lowest BCUT2D eigenvalue weighted by atomic mass is 10.0. The molecule has 400 valence electrons. The molecule has 3 N–H and O–H groups in total. The summed E-state index contributed by atoms with van der Waals surface area (Å²) >= 11 is 0. The minimum absolute atomic E-state index is 0.0274. The second kappa shape index (κ2) is 57.7. The normalized spacial score (nSPS) is 12.8. The van der Waals surface area contributed by atoms with Crippen molar-refractivity contribution in [3.05, 3.63) is 36.5 Å². The molecule has 6 heteroatoms. The summed E-state index contributed by atoms with van der Waals surface area (Å²) in [5.41, 5.74) is 0. The molecule has 0 bridgehead atoms. The van der Waals surface area contributed by atoms with Gasteiger partial charge in [0, 0.05) is 12.8 Å². The van der Waals surface area contributed by atoms with Crippen LogP contribution in [-0.2, 0) is 14.3 Å². The highest BCUT2D eigenvalue weighted by Crippen LogP contribution is 2.17. The zero-order valence-corrected chi connectivity index (χ0v) is 45.6. The highest BCUT2D eigenvalue weighted by molar-refractivity contribution is 5.76. The third kappa shape index (κ3) is 53.4. The lowest BCUT2D eigenvalue weighted by Gasteiger charge is -2.22. The van der Waals surface area contributed by atoms with Crippen molar-refractivity contribution in [2.75, 3.05) is 13.2 Å². The van der Waals surface area contributed by atoms with Gasteiger partial charge < -0.3 is 20.3 Å². The molecule has 1 amide bonds. The molecule has 0 aliphatic rings. The number of ether oxygens (including phenoxy) is 1. The molecule has 0 rings (SSSR count). The van der Waals surface area contributed by atoms with Crippen LogP contribution >= 0.6 is 0 Å². The number of esters is 1. The lowest BCUT2D eigenvalue weighted by Crippen LogP contribution is -2.45. The van der Waals surface area contributed by atoms with Crippen LogP contribution in [0.15, 0.2) is 36.5 Å². The third-order valence-corrected chi connectivity index (χ3v) is 13.9. The molecule has 0 aliphatic heterocycles. The molecular weight excluding hydrogens is 839 g/mol. The topological polar surface area (TPSA) is 95.9 Å². The van der Waals surface area contributed by atoms with Gasteiger partial charge in [-0.05, 0) is 77.0 Å². The summed E-state index contributed by atoms with van der Waals surface area (Å²) in [5.74, 6) is -0.0904. The van der Waals surface area contributed by atoms with E-state index >= 15 is 0 Å². The maximum absolute atomic E-state index is 12.5. The second-order valence-corrected chi connectivity index (χ2v) is 20.7. The summed E-state index contributed by atoms with van der Waals surface area (Å²) in [4.78, 5) is 24.5. The Morgan fingerprint density at radius 3 is 1.21 bits per heavy atom. The Morgan fingerprint density at radius 1 is 0.412 bits per heavy atom. The van der Waals surface area contributed by atoms with E-state index in [4.69, 9.17) is 4.74 Å². The number of rotatable bonds is 56. The van der Waals surface area contributed by atoms with Gasteiger partial charge in [-0.2, -0.15) is 0 Å². The highest BCUT2D eigenvalue weighted by Gasteiger charge is 2.20. The molecule has 0 saturated carbocycles. The van der Waals surface area contributed by atoms with Gasteiger partial charge in [-0.15, -0.1) is 0 Å². The first-order valence-electron chi connectivity index (χ1n) is 30.2. The minimum atomic E-state index is -0.684. The van der Waals surface area contributed by atoms with E-state index in [9.17, 15) is 19.8 Å². The maximum atomic E-state index is 12.5. The summed E-state index contributed by atoms with van der Waals surface area (Å²) in [5, 5.41) is 23.4. The van der Waals surface area contributed by atoms with Gasteiger partial charge >= 0.3 is 5.97 Å². The Bertz CT molecular complexity index is 1100. The predicted molar refractivity (Wildman–Crippen MR) is 296 cm³/mol. The first-order valence-corrected chi connectivity index (χ1v) is 30.2. The van der Waals surface area contributed by atoms with Crippen LogP contribution in [0.2, 0.25) is 0 Å². The smallest absolute Gasteiger partial charge is 0.305 e. The van der Waals surface area contributed by atoms with E-state index in [1.54, 1.807) is 0 Å². The molecule has 0 saturated heterocycles. The number of hydrogen-bond donors (Lipinski definition) is 3. The Labute approximate surface area is 424 Å². The predicted octanol–water partition coefficient (Wildman–Crippen LogP) is 18.8. The summed E-state index contributed by atoms with van der Waals surface area (Å²) in [6, 6.07) is -0.564. The van der Waals surface area contributed by atoms with Crippen molar-refractivity contribution in [1.82, 2.24) is 5.32 Å². The monoisotopic (exact) mass is 956 g/mol. The van der Waals surface area contributed by atoms with Gasteiger partial charge in [0.2, 0.25) is 5.91 Å². The molecule has 0 fully saturated rings. The van der Waals surface area contributed by atoms with Crippen LogP contribution in [0.25, 0.3) is 0 Å². The van der Waals surface area contributed by atoms with Gasteiger partial charge in [-0.25, -0.2) is 0 Å². The quantitative estimate of drug-likeness (QED) is 0.0321. The van der Waals surface area contributed by atoms with E-state index in [1.165, 1.54) is 205 Å². The number of nitrogens with one attached hydrogen (secondary N) is 1. The van der Waals surface area contributed by atoms with Gasteiger partial charge in [0.1, 0.15) is 0 Å². The van der Waals surface area contributed by atoms with Crippen LogP contribution in [0.5, 0.6) is 0 Å². The van der Waals surface area contributed by atoms with Gasteiger partial charge in [0.05, 0.1) is 25.4 Å². The molecular formula is C62H117NO5. The van der Waals surface area contributed by atoms with Crippen molar-refractivity contribution < 1.29 is 24.5 Å². The van der Waals surface area contributed by atoms with Crippen molar-refractivity contribution in [3.63, 3.8) is 0 Å². The van der Waals surface area contributed by atoms with Crippen LogP contribution < -0.4 is 5.32 Å². The van der Waals surface area contributed by atoms with E-state index in [1.807, 2.05) is 0 Å². The molecule has 6 nitrogen and oxygen atoms in total. The maximum Gasteiger partial charge on any atom is 0.305 e. The van der Waals surface area contributed by atoms with Crippen molar-refractivity contribution in [2.24, 2.45) is 0 Å². The Kier molecular flexibility index (Phi) is 56.0. The SMILES string of the molecule is CCC/C=C\C/C=C\CCCCCCCC(=O)OCCCCCCCC/C=C\CCCCCC(=O)NC(CO)C(O)CCCCCCCCCCCCCCCCCCCCCCCCCCC. The zero-order chi connectivity index (χ0) is 49.3. The highest BCUT2D eigenvalue weighted by atomic mass is 16.5. The Morgan fingerprint density at radius 2 is 0.765 bits per heavy atom. The average Bonchev–Trinajstić information content (AvgIpc) is 3.34. The summed E-state index contributed by atoms with van der Waals surface area (Å²) < 4.78 is 5.45. The number of carbonyl (C=O) groups is 2. The number of unbranched alkanes of at least 4 members (excludes halogenated alkanes) is 39. The Balaban J connectivity index is 3.49. The van der Waals surface area contributed by atoms with Crippen LogP contribution in [0.4, 0.5) is 0 Å². The average molecular weight is 957 g/mol. The van der Waals surface area contributed by atoms with Gasteiger partial charge in [0.15, 0.2) is 0 Å². The first-order chi connectivity index (χ1) is 33.5. The molecule has 0 aromatic carbocycles. The Hall–Kier alpha value is -1.92. The fourth-order valence-corrected chi connectivity index (χ4v) is 9.26. The number of hydrogen-bond acceptors (Lipinski definition) is 5. The van der Waals surface area contributed by atoms with Crippen molar-refractivity contribution in [2.45, 2.75) is 334 Å². The molecule has 2 atom stereocenters. The lowest BCUT2D eigenvalue weighted by molar-refractivity contribution is -0.143. The zero-order valence-electron chi connectivity index (χ0n) is 45.6. The van der Waals surface area contributed by atoms with Crippen LogP contribution in [0.1, 0.15) is 322 Å². The number of allylic oxidation sites excluding steroid dienone is 6. The van der Waals surface area contributed by atoms with E-state index < -0.39 is 12.1 Å². The molecule has 0 aliphatic carbocycles. The molecule has 0 aromatic heterocycles. The standard InChI is InChI=1S/C62H117NO5/c1-3-5-7-9-11-13-15-17-18-19-20-21-22-23-24-25-26-27-28-31-34-38-42-46-50-54-60(65)59(58-64)63-61(66)55-51-47-43-39-35-32-29-33-37-41-45-49-53-57-68-62(67)56-52-48-44-40-36-30-16-14-12-10-8-6-4-2/h8,10,14,16,32,35,59-60,64-65H,3-7,9,11-13,15,17-31,33-34,36-58H2,1-2H3,(H,63,66)/b10-8-,16-14-,35-32-. The molecule has 0 aromatic rings. The first kappa shape index (κ1) is 66.1. The number of aliphatic hydroxyl groups is 2. The second-order valence-electron chi connectivity index (χ2n) is 20.7. The van der Waals surface area contributed by atoms with E-state index in [0.29, 0.717) is 25.9 Å². The van der Waals surface area contributed by atoms with Crippen molar-refractivity contribution >= 4 is 11.9 Å².